The van der Waals surface area contributed by atoms with E-state index in [-0.39, 0.29) is 0 Å². The first kappa shape index (κ1) is 8.11. The first-order valence-corrected chi connectivity index (χ1v) is 3.72. The lowest BCUT2D eigenvalue weighted by atomic mass is 10.1. The van der Waals surface area contributed by atoms with Gasteiger partial charge in [-0.1, -0.05) is 13.8 Å². The Labute approximate surface area is 67.0 Å². The lowest BCUT2D eigenvalue weighted by Crippen LogP contribution is -1.90. The molecule has 0 aliphatic heterocycles. The van der Waals surface area contributed by atoms with Crippen molar-refractivity contribution >= 4 is 0 Å². The number of nitrogens with zero attached hydrogens (tertiary/aromatic N) is 2. The molecule has 0 aromatic carbocycles. The molecule has 0 saturated carbocycles. The second-order valence-electron chi connectivity index (χ2n) is 2.92. The molecule has 0 bridgehead atoms. The Hall–Kier alpha value is -0.990. The summed E-state index contributed by atoms with van der Waals surface area (Å²) in [6, 6.07) is 0. The average Bonchev–Trinajstić information content (AvgIpc) is 2.30. The summed E-state index contributed by atoms with van der Waals surface area (Å²) >= 11 is 0. The van der Waals surface area contributed by atoms with E-state index in [0.29, 0.717) is 5.92 Å². The zero-order chi connectivity index (χ0) is 8.43. The Bertz CT molecular complexity index is 240. The van der Waals surface area contributed by atoms with E-state index < -0.39 is 0 Å². The van der Waals surface area contributed by atoms with Crippen molar-refractivity contribution in [2.75, 3.05) is 7.11 Å². The normalized spacial score (nSPS) is 10.6. The molecule has 0 unspecified atom stereocenters. The molecule has 1 aromatic heterocycles. The van der Waals surface area contributed by atoms with Crippen molar-refractivity contribution in [3.05, 3.63) is 11.8 Å². The Morgan fingerprint density at radius 3 is 2.55 bits per heavy atom. The van der Waals surface area contributed by atoms with Gasteiger partial charge in [0.05, 0.1) is 7.11 Å². The minimum absolute atomic E-state index is 0.471. The van der Waals surface area contributed by atoms with Gasteiger partial charge in [-0.3, -0.25) is 4.68 Å². The first-order chi connectivity index (χ1) is 5.15. The summed E-state index contributed by atoms with van der Waals surface area (Å²) in [6.45, 7) is 4.25. The van der Waals surface area contributed by atoms with Gasteiger partial charge in [0.2, 0.25) is 5.88 Å². The molecule has 0 spiro atoms. The van der Waals surface area contributed by atoms with Crippen LogP contribution in [0.3, 0.4) is 0 Å². The molecule has 11 heavy (non-hydrogen) atoms. The SMILES string of the molecule is COc1nn(C)cc1C(C)C. The molecule has 0 radical (unpaired) electrons. The summed E-state index contributed by atoms with van der Waals surface area (Å²) in [6.07, 6.45) is 1.99. The molecule has 0 aliphatic rings. The summed E-state index contributed by atoms with van der Waals surface area (Å²) in [5.74, 6) is 1.21. The number of hydrogen-bond acceptors (Lipinski definition) is 2. The van der Waals surface area contributed by atoms with Crippen LogP contribution in [0.2, 0.25) is 0 Å². The predicted octanol–water partition coefficient (Wildman–Crippen LogP) is 1.55. The minimum Gasteiger partial charge on any atom is -0.480 e. The fraction of sp³-hybridized carbons (Fsp3) is 0.625. The molecule has 62 valence electrons. The van der Waals surface area contributed by atoms with Crippen molar-refractivity contribution < 1.29 is 4.74 Å². The van der Waals surface area contributed by atoms with E-state index in [4.69, 9.17) is 4.74 Å². The van der Waals surface area contributed by atoms with Gasteiger partial charge in [0.1, 0.15) is 0 Å². The summed E-state index contributed by atoms with van der Waals surface area (Å²) in [4.78, 5) is 0. The van der Waals surface area contributed by atoms with Gasteiger partial charge >= 0.3 is 0 Å². The quantitative estimate of drug-likeness (QED) is 0.646. The van der Waals surface area contributed by atoms with E-state index >= 15 is 0 Å². The van der Waals surface area contributed by atoms with Crippen molar-refractivity contribution in [2.24, 2.45) is 7.05 Å². The molecular weight excluding hydrogens is 140 g/mol. The van der Waals surface area contributed by atoms with Gasteiger partial charge < -0.3 is 4.74 Å². The molecule has 3 nitrogen and oxygen atoms in total. The van der Waals surface area contributed by atoms with Crippen molar-refractivity contribution in [3.8, 4) is 5.88 Å². The topological polar surface area (TPSA) is 27.1 Å². The molecule has 1 rings (SSSR count). The third-order valence-corrected chi connectivity index (χ3v) is 1.64. The van der Waals surface area contributed by atoms with Gasteiger partial charge in [0.15, 0.2) is 0 Å². The molecule has 0 saturated heterocycles. The average molecular weight is 154 g/mol. The number of methoxy groups -OCH3 is 1. The fourth-order valence-corrected chi connectivity index (χ4v) is 1.04. The molecule has 1 heterocycles. The van der Waals surface area contributed by atoms with Crippen LogP contribution < -0.4 is 4.74 Å². The van der Waals surface area contributed by atoms with Crippen molar-refractivity contribution in [1.82, 2.24) is 9.78 Å². The molecule has 0 amide bonds. The van der Waals surface area contributed by atoms with Crippen LogP contribution >= 0.6 is 0 Å². The van der Waals surface area contributed by atoms with E-state index in [1.165, 1.54) is 0 Å². The van der Waals surface area contributed by atoms with Crippen LogP contribution in [0.1, 0.15) is 25.3 Å². The van der Waals surface area contributed by atoms with Crippen LogP contribution in [-0.4, -0.2) is 16.9 Å². The van der Waals surface area contributed by atoms with Crippen LogP contribution in [0.4, 0.5) is 0 Å². The van der Waals surface area contributed by atoms with Crippen LogP contribution in [-0.2, 0) is 7.05 Å². The van der Waals surface area contributed by atoms with Gasteiger partial charge in [0.25, 0.3) is 0 Å². The monoisotopic (exact) mass is 154 g/mol. The second kappa shape index (κ2) is 2.95. The number of hydrogen-bond donors (Lipinski definition) is 0. The highest BCUT2D eigenvalue weighted by Gasteiger charge is 2.10. The fourth-order valence-electron chi connectivity index (χ4n) is 1.04. The third-order valence-electron chi connectivity index (χ3n) is 1.64. The third kappa shape index (κ3) is 1.53. The maximum absolute atomic E-state index is 5.10. The zero-order valence-electron chi connectivity index (χ0n) is 7.46. The highest BCUT2D eigenvalue weighted by atomic mass is 16.5. The number of rotatable bonds is 2. The summed E-state index contributed by atoms with van der Waals surface area (Å²) in [5.41, 5.74) is 1.16. The van der Waals surface area contributed by atoms with E-state index in [9.17, 15) is 0 Å². The van der Waals surface area contributed by atoms with Gasteiger partial charge in [-0.15, -0.1) is 5.10 Å². The predicted molar refractivity (Wildman–Crippen MR) is 43.8 cm³/mol. The molecule has 0 atom stereocenters. The summed E-state index contributed by atoms with van der Waals surface area (Å²) in [5, 5.41) is 4.14. The van der Waals surface area contributed by atoms with Gasteiger partial charge in [-0.2, -0.15) is 0 Å². The van der Waals surface area contributed by atoms with E-state index in [1.54, 1.807) is 11.8 Å². The minimum atomic E-state index is 0.471. The second-order valence-corrected chi connectivity index (χ2v) is 2.92. The number of ether oxygens (including phenoxy) is 1. The Kier molecular flexibility index (Phi) is 2.17. The van der Waals surface area contributed by atoms with Crippen LogP contribution in [0, 0.1) is 0 Å². The lowest BCUT2D eigenvalue weighted by Gasteiger charge is -2.01. The standard InChI is InChI=1S/C8H14N2O/c1-6(2)7-5-10(3)9-8(7)11-4/h5-6H,1-4H3. The van der Waals surface area contributed by atoms with Crippen molar-refractivity contribution in [3.63, 3.8) is 0 Å². The van der Waals surface area contributed by atoms with E-state index in [2.05, 4.69) is 18.9 Å². The lowest BCUT2D eigenvalue weighted by molar-refractivity contribution is 0.386. The number of aromatic nitrogens is 2. The summed E-state index contributed by atoms with van der Waals surface area (Å²) < 4.78 is 6.87. The Balaban J connectivity index is 3.02. The Morgan fingerprint density at radius 2 is 2.18 bits per heavy atom. The van der Waals surface area contributed by atoms with Crippen molar-refractivity contribution in [2.45, 2.75) is 19.8 Å². The smallest absolute Gasteiger partial charge is 0.235 e. The maximum atomic E-state index is 5.10. The Morgan fingerprint density at radius 1 is 1.55 bits per heavy atom. The highest BCUT2D eigenvalue weighted by molar-refractivity contribution is 5.26. The van der Waals surface area contributed by atoms with Crippen molar-refractivity contribution in [1.29, 1.82) is 0 Å². The zero-order valence-corrected chi connectivity index (χ0v) is 7.46. The van der Waals surface area contributed by atoms with Crippen LogP contribution in [0.5, 0.6) is 5.88 Å². The molecular formula is C8H14N2O. The summed E-state index contributed by atoms with van der Waals surface area (Å²) in [7, 11) is 3.54. The largest absolute Gasteiger partial charge is 0.480 e. The maximum Gasteiger partial charge on any atom is 0.235 e. The van der Waals surface area contributed by atoms with E-state index in [1.807, 2.05) is 13.2 Å². The first-order valence-electron chi connectivity index (χ1n) is 3.72. The van der Waals surface area contributed by atoms with Crippen LogP contribution in [0.25, 0.3) is 0 Å². The highest BCUT2D eigenvalue weighted by Crippen LogP contribution is 2.23. The number of aryl methyl sites for hydroxylation is 1. The van der Waals surface area contributed by atoms with Gasteiger partial charge in [0, 0.05) is 18.8 Å². The van der Waals surface area contributed by atoms with Crippen LogP contribution in [0.15, 0.2) is 6.20 Å². The molecule has 0 N–H and O–H groups in total. The molecule has 3 heteroatoms. The van der Waals surface area contributed by atoms with Gasteiger partial charge in [-0.05, 0) is 5.92 Å². The molecule has 0 aliphatic carbocycles. The molecule has 1 aromatic rings. The van der Waals surface area contributed by atoms with E-state index in [0.717, 1.165) is 11.4 Å². The molecule has 0 fully saturated rings. The van der Waals surface area contributed by atoms with Gasteiger partial charge in [-0.25, -0.2) is 0 Å².